The SMILES string of the molecule is CCCOc1ccc(C#CCCO)cc1C(=O)NC(C)(O)Cc1c[nH]c2ccc(F)cc12. The monoisotopic (exact) mass is 438 g/mol. The molecule has 1 aromatic heterocycles. The van der Waals surface area contributed by atoms with Crippen LogP contribution in [0.3, 0.4) is 0 Å². The summed E-state index contributed by atoms with van der Waals surface area (Å²) in [5.41, 5.74) is 0.668. The van der Waals surface area contributed by atoms with Gasteiger partial charge in [-0.15, -0.1) is 0 Å². The van der Waals surface area contributed by atoms with E-state index in [0.29, 0.717) is 35.3 Å². The Morgan fingerprint density at radius 2 is 2.09 bits per heavy atom. The minimum absolute atomic E-state index is 0.0430. The molecular formula is C25H27FN2O4. The van der Waals surface area contributed by atoms with Crippen LogP contribution in [0.25, 0.3) is 10.9 Å². The number of amides is 1. The number of H-pyrrole nitrogens is 1. The maximum Gasteiger partial charge on any atom is 0.257 e. The zero-order valence-electron chi connectivity index (χ0n) is 18.2. The summed E-state index contributed by atoms with van der Waals surface area (Å²) < 4.78 is 19.4. The first-order valence-corrected chi connectivity index (χ1v) is 10.5. The molecule has 0 fully saturated rings. The number of fused-ring (bicyclic) bond motifs is 1. The van der Waals surface area contributed by atoms with Crippen molar-refractivity contribution in [2.24, 2.45) is 0 Å². The molecule has 32 heavy (non-hydrogen) atoms. The van der Waals surface area contributed by atoms with Gasteiger partial charge in [0.25, 0.3) is 5.91 Å². The van der Waals surface area contributed by atoms with Gasteiger partial charge in [0.15, 0.2) is 0 Å². The van der Waals surface area contributed by atoms with Crippen molar-refractivity contribution in [3.05, 3.63) is 65.1 Å². The summed E-state index contributed by atoms with van der Waals surface area (Å²) in [6, 6.07) is 9.39. The highest BCUT2D eigenvalue weighted by atomic mass is 19.1. The van der Waals surface area contributed by atoms with E-state index in [-0.39, 0.29) is 24.4 Å². The average Bonchev–Trinajstić information content (AvgIpc) is 3.13. The van der Waals surface area contributed by atoms with Gasteiger partial charge in [0.1, 0.15) is 17.3 Å². The highest BCUT2D eigenvalue weighted by molar-refractivity contribution is 5.97. The second-order valence-electron chi connectivity index (χ2n) is 7.74. The van der Waals surface area contributed by atoms with Crippen LogP contribution in [0.15, 0.2) is 42.6 Å². The van der Waals surface area contributed by atoms with Crippen molar-refractivity contribution in [3.63, 3.8) is 0 Å². The molecule has 4 N–H and O–H groups in total. The van der Waals surface area contributed by atoms with Gasteiger partial charge in [0.2, 0.25) is 0 Å². The van der Waals surface area contributed by atoms with Gasteiger partial charge in [0.05, 0.1) is 18.8 Å². The minimum Gasteiger partial charge on any atom is -0.493 e. The number of aromatic amines is 1. The maximum atomic E-state index is 13.7. The molecule has 7 heteroatoms. The van der Waals surface area contributed by atoms with E-state index in [9.17, 15) is 14.3 Å². The molecule has 0 aliphatic carbocycles. The minimum atomic E-state index is -1.60. The van der Waals surface area contributed by atoms with Gasteiger partial charge >= 0.3 is 0 Å². The molecule has 3 rings (SSSR count). The van der Waals surface area contributed by atoms with E-state index in [1.165, 1.54) is 19.1 Å². The van der Waals surface area contributed by atoms with Crippen LogP contribution in [0.2, 0.25) is 0 Å². The van der Waals surface area contributed by atoms with Crippen molar-refractivity contribution in [2.75, 3.05) is 13.2 Å². The van der Waals surface area contributed by atoms with Gasteiger partial charge in [0, 0.05) is 35.5 Å². The highest BCUT2D eigenvalue weighted by Crippen LogP contribution is 2.25. The molecular weight excluding hydrogens is 411 g/mol. The van der Waals surface area contributed by atoms with Gasteiger partial charge in [-0.3, -0.25) is 4.79 Å². The molecule has 0 aliphatic heterocycles. The topological polar surface area (TPSA) is 94.6 Å². The Labute approximate surface area is 186 Å². The Morgan fingerprint density at radius 3 is 2.84 bits per heavy atom. The third-order valence-corrected chi connectivity index (χ3v) is 4.80. The van der Waals surface area contributed by atoms with Crippen LogP contribution >= 0.6 is 0 Å². The van der Waals surface area contributed by atoms with Crippen molar-refractivity contribution in [1.82, 2.24) is 10.3 Å². The number of halogens is 1. The molecule has 168 valence electrons. The molecule has 6 nitrogen and oxygen atoms in total. The first-order valence-electron chi connectivity index (χ1n) is 10.5. The van der Waals surface area contributed by atoms with Crippen molar-refractivity contribution in [2.45, 2.75) is 38.8 Å². The smallest absolute Gasteiger partial charge is 0.257 e. The summed E-state index contributed by atoms with van der Waals surface area (Å²) in [5.74, 6) is 5.22. The number of ether oxygens (including phenoxy) is 1. The molecule has 3 aromatic rings. The number of hydrogen-bond donors (Lipinski definition) is 4. The third-order valence-electron chi connectivity index (χ3n) is 4.80. The normalized spacial score (nSPS) is 12.7. The van der Waals surface area contributed by atoms with Gasteiger partial charge in [-0.2, -0.15) is 0 Å². The molecule has 0 aliphatic rings. The number of hydrogen-bond acceptors (Lipinski definition) is 4. The lowest BCUT2D eigenvalue weighted by atomic mass is 10.0. The van der Waals surface area contributed by atoms with E-state index >= 15 is 0 Å². The Hall–Kier alpha value is -3.34. The number of carbonyl (C=O) groups is 1. The number of aromatic nitrogens is 1. The Kier molecular flexibility index (Phi) is 7.52. The van der Waals surface area contributed by atoms with Gasteiger partial charge in [-0.05, 0) is 55.3 Å². The van der Waals surface area contributed by atoms with Crippen LogP contribution < -0.4 is 10.1 Å². The van der Waals surface area contributed by atoms with Crippen molar-refractivity contribution in [1.29, 1.82) is 0 Å². The second-order valence-corrected chi connectivity index (χ2v) is 7.74. The molecule has 1 atom stereocenters. The standard InChI is InChI=1S/C25H27FN2O4/c1-3-12-32-23-10-7-17(6-4-5-11-29)13-21(23)24(30)28-25(2,31)15-18-16-27-22-9-8-19(26)14-20(18)22/h7-10,13-14,16,27,29,31H,3,5,11-12,15H2,1-2H3,(H,28,30). The predicted octanol–water partition coefficient (Wildman–Crippen LogP) is 3.51. The molecule has 0 bridgehead atoms. The van der Waals surface area contributed by atoms with Crippen LogP contribution in [0, 0.1) is 17.7 Å². The summed E-state index contributed by atoms with van der Waals surface area (Å²) >= 11 is 0. The van der Waals surface area contributed by atoms with Crippen LogP contribution in [-0.4, -0.2) is 40.0 Å². The van der Waals surface area contributed by atoms with Crippen LogP contribution in [-0.2, 0) is 6.42 Å². The molecule has 1 unspecified atom stereocenters. The summed E-state index contributed by atoms with van der Waals surface area (Å²) in [6.45, 7) is 3.84. The Balaban J connectivity index is 1.83. The largest absolute Gasteiger partial charge is 0.493 e. The van der Waals surface area contributed by atoms with E-state index < -0.39 is 11.6 Å². The molecule has 0 radical (unpaired) electrons. The molecule has 0 spiro atoms. The quantitative estimate of drug-likeness (QED) is 0.320. The van der Waals surface area contributed by atoms with E-state index in [1.54, 1.807) is 30.5 Å². The van der Waals surface area contributed by atoms with Gasteiger partial charge in [-0.1, -0.05) is 18.8 Å². The molecule has 0 saturated heterocycles. The first-order chi connectivity index (χ1) is 15.3. The number of carbonyl (C=O) groups excluding carboxylic acids is 1. The van der Waals surface area contributed by atoms with Crippen molar-refractivity contribution in [3.8, 4) is 17.6 Å². The van der Waals surface area contributed by atoms with Crippen molar-refractivity contribution >= 4 is 16.8 Å². The fraction of sp³-hybridized carbons (Fsp3) is 0.320. The number of aliphatic hydroxyl groups is 2. The number of nitrogens with one attached hydrogen (secondary N) is 2. The predicted molar refractivity (Wildman–Crippen MR) is 121 cm³/mol. The summed E-state index contributed by atoms with van der Waals surface area (Å²) in [4.78, 5) is 16.1. The average molecular weight is 438 g/mol. The zero-order chi connectivity index (χ0) is 23.1. The molecule has 1 amide bonds. The fourth-order valence-corrected chi connectivity index (χ4v) is 3.37. The maximum absolute atomic E-state index is 13.7. The second kappa shape index (κ2) is 10.3. The van der Waals surface area contributed by atoms with Gasteiger partial charge in [-0.25, -0.2) is 4.39 Å². The number of benzene rings is 2. The number of rotatable bonds is 8. The lowest BCUT2D eigenvalue weighted by Gasteiger charge is -2.25. The third kappa shape index (κ3) is 5.88. The van der Waals surface area contributed by atoms with E-state index in [4.69, 9.17) is 9.84 Å². The van der Waals surface area contributed by atoms with Gasteiger partial charge < -0.3 is 25.3 Å². The summed E-state index contributed by atoms with van der Waals surface area (Å²) in [5, 5.41) is 23.1. The Bertz CT molecular complexity index is 1160. The lowest BCUT2D eigenvalue weighted by molar-refractivity contribution is 0.0234. The van der Waals surface area contributed by atoms with Crippen LogP contribution in [0.5, 0.6) is 5.75 Å². The Morgan fingerprint density at radius 1 is 1.28 bits per heavy atom. The molecule has 0 saturated carbocycles. The fourth-order valence-electron chi connectivity index (χ4n) is 3.37. The zero-order valence-corrected chi connectivity index (χ0v) is 18.2. The van der Waals surface area contributed by atoms with E-state index in [0.717, 1.165) is 11.9 Å². The highest BCUT2D eigenvalue weighted by Gasteiger charge is 2.27. The molecule has 2 aromatic carbocycles. The van der Waals surface area contributed by atoms with Crippen LogP contribution in [0.1, 0.15) is 48.2 Å². The lowest BCUT2D eigenvalue weighted by Crippen LogP contribution is -2.47. The summed E-state index contributed by atoms with van der Waals surface area (Å²) in [6.07, 6.45) is 2.87. The first kappa shape index (κ1) is 23.3. The molecule has 1 heterocycles. The van der Waals surface area contributed by atoms with E-state index in [2.05, 4.69) is 22.1 Å². The van der Waals surface area contributed by atoms with E-state index in [1.807, 2.05) is 6.92 Å². The summed E-state index contributed by atoms with van der Waals surface area (Å²) in [7, 11) is 0. The van der Waals surface area contributed by atoms with Crippen molar-refractivity contribution < 1.29 is 24.1 Å². The number of aliphatic hydroxyl groups excluding tert-OH is 1. The van der Waals surface area contributed by atoms with Crippen LogP contribution in [0.4, 0.5) is 4.39 Å².